The van der Waals surface area contributed by atoms with E-state index in [2.05, 4.69) is 0 Å². The summed E-state index contributed by atoms with van der Waals surface area (Å²) in [5, 5.41) is 10.1. The summed E-state index contributed by atoms with van der Waals surface area (Å²) in [6, 6.07) is -0.666. The maximum absolute atomic E-state index is 13.6. The normalized spacial score (nSPS) is 13.8. The minimum Gasteiger partial charge on any atom is -0.324 e. The van der Waals surface area contributed by atoms with E-state index < -0.39 is 41.5 Å². The van der Waals surface area contributed by atoms with Gasteiger partial charge >= 0.3 is 12.2 Å². The van der Waals surface area contributed by atoms with Crippen molar-refractivity contribution in [2.75, 3.05) is 7.05 Å². The third kappa shape index (κ3) is 4.55. The Morgan fingerprint density at radius 1 is 1.35 bits per heavy atom. The Labute approximate surface area is 129 Å². The van der Waals surface area contributed by atoms with E-state index in [-0.39, 0.29) is 6.42 Å². The highest BCUT2D eigenvalue weighted by Crippen LogP contribution is 2.35. The lowest BCUT2D eigenvalue weighted by atomic mass is 10.0. The molecule has 0 radical (unpaired) electrons. The zero-order valence-electron chi connectivity index (χ0n) is 12.3. The smallest absolute Gasteiger partial charge is 0.324 e. The zero-order valence-corrected chi connectivity index (χ0v) is 12.3. The summed E-state index contributed by atoms with van der Waals surface area (Å²) in [7, 11) is 1.18. The van der Waals surface area contributed by atoms with Crippen molar-refractivity contribution in [3.8, 4) is 6.07 Å². The number of alkyl halides is 3. The number of nitriles is 1. The number of halogens is 5. The van der Waals surface area contributed by atoms with Gasteiger partial charge in [-0.15, -0.1) is 0 Å². The van der Waals surface area contributed by atoms with E-state index in [1.54, 1.807) is 11.4 Å². The fraction of sp³-hybridized carbons (Fsp3) is 0.429. The number of urea groups is 1. The van der Waals surface area contributed by atoms with E-state index in [9.17, 15) is 26.7 Å². The van der Waals surface area contributed by atoms with Crippen molar-refractivity contribution in [1.29, 1.82) is 5.26 Å². The Morgan fingerprint density at radius 3 is 2.30 bits per heavy atom. The van der Waals surface area contributed by atoms with E-state index in [0.29, 0.717) is 12.1 Å². The van der Waals surface area contributed by atoms with Crippen LogP contribution in [0.2, 0.25) is 0 Å². The van der Waals surface area contributed by atoms with Crippen molar-refractivity contribution in [3.05, 3.63) is 35.4 Å². The van der Waals surface area contributed by atoms with Crippen LogP contribution in [0.3, 0.4) is 0 Å². The Balaban J connectivity index is 3.11. The first kappa shape index (κ1) is 18.7. The number of carbonyl (C=O) groups is 1. The van der Waals surface area contributed by atoms with Crippen LogP contribution in [0.25, 0.3) is 0 Å². The average molecular weight is 335 g/mol. The lowest BCUT2D eigenvalue weighted by Gasteiger charge is -2.28. The minimum atomic E-state index is -5.10. The fourth-order valence-electron chi connectivity index (χ4n) is 1.80. The predicted molar refractivity (Wildman–Crippen MR) is 71.1 cm³/mol. The Hall–Kier alpha value is -2.37. The SMILES string of the molecule is CC(CC#N)N(C)C(=O)NC(c1c(F)cccc1F)C(F)(F)F. The molecule has 0 saturated heterocycles. The monoisotopic (exact) mass is 335 g/mol. The first-order valence-electron chi connectivity index (χ1n) is 6.50. The number of carbonyl (C=O) groups excluding carboxylic acids is 1. The maximum Gasteiger partial charge on any atom is 0.413 e. The van der Waals surface area contributed by atoms with Crippen LogP contribution in [-0.4, -0.2) is 30.2 Å². The summed E-state index contributed by atoms with van der Waals surface area (Å²) in [6.45, 7) is 1.45. The molecule has 0 spiro atoms. The van der Waals surface area contributed by atoms with E-state index in [0.717, 1.165) is 11.0 Å². The first-order chi connectivity index (χ1) is 10.6. The molecule has 4 nitrogen and oxygen atoms in total. The highest BCUT2D eigenvalue weighted by molar-refractivity contribution is 5.75. The van der Waals surface area contributed by atoms with Gasteiger partial charge in [0, 0.05) is 13.1 Å². The Bertz CT molecular complexity index is 591. The average Bonchev–Trinajstić information content (AvgIpc) is 2.44. The van der Waals surface area contributed by atoms with E-state index >= 15 is 0 Å². The van der Waals surface area contributed by atoms with Crippen LogP contribution in [0.5, 0.6) is 0 Å². The number of benzene rings is 1. The van der Waals surface area contributed by atoms with Gasteiger partial charge in [0.05, 0.1) is 18.1 Å². The number of nitrogens with zero attached hydrogens (tertiary/aromatic N) is 2. The van der Waals surface area contributed by atoms with Crippen LogP contribution in [0.15, 0.2) is 18.2 Å². The molecule has 1 aromatic rings. The molecule has 0 aromatic heterocycles. The third-order valence-electron chi connectivity index (χ3n) is 3.25. The molecule has 1 N–H and O–H groups in total. The van der Waals surface area contributed by atoms with Crippen LogP contribution >= 0.6 is 0 Å². The molecular formula is C14H14F5N3O. The van der Waals surface area contributed by atoms with E-state index in [4.69, 9.17) is 5.26 Å². The summed E-state index contributed by atoms with van der Waals surface area (Å²) in [5.41, 5.74) is -1.28. The van der Waals surface area contributed by atoms with Gasteiger partial charge in [-0.05, 0) is 19.1 Å². The van der Waals surface area contributed by atoms with Gasteiger partial charge < -0.3 is 10.2 Å². The number of nitrogens with one attached hydrogen (secondary N) is 1. The number of hydrogen-bond acceptors (Lipinski definition) is 2. The van der Waals surface area contributed by atoms with E-state index in [1.807, 2.05) is 0 Å². The van der Waals surface area contributed by atoms with Crippen molar-refractivity contribution in [2.24, 2.45) is 0 Å². The molecule has 2 unspecified atom stereocenters. The molecule has 1 rings (SSSR count). The van der Waals surface area contributed by atoms with Gasteiger partial charge in [-0.2, -0.15) is 18.4 Å². The molecule has 2 amide bonds. The fourth-order valence-corrected chi connectivity index (χ4v) is 1.80. The second kappa shape index (κ2) is 7.26. The second-order valence-corrected chi connectivity index (χ2v) is 4.88. The Kier molecular flexibility index (Phi) is 5.90. The number of hydrogen-bond donors (Lipinski definition) is 1. The predicted octanol–water partition coefficient (Wildman–Crippen LogP) is 3.51. The van der Waals surface area contributed by atoms with Crippen molar-refractivity contribution < 1.29 is 26.7 Å². The molecule has 0 bridgehead atoms. The standard InChI is InChI=1S/C14H14F5N3O/c1-8(6-7-20)22(2)13(23)21-12(14(17,18)19)11-9(15)4-3-5-10(11)16/h3-5,8,12H,6H2,1-2H3,(H,21,23). The topological polar surface area (TPSA) is 56.1 Å². The summed E-state index contributed by atoms with van der Waals surface area (Å²) in [5.74, 6) is -2.83. The van der Waals surface area contributed by atoms with Gasteiger partial charge in [0.15, 0.2) is 6.04 Å². The molecule has 0 aliphatic rings. The molecule has 2 atom stereocenters. The van der Waals surface area contributed by atoms with Crippen LogP contribution in [-0.2, 0) is 0 Å². The molecule has 0 aliphatic carbocycles. The summed E-state index contributed by atoms with van der Waals surface area (Å²) < 4.78 is 66.6. The zero-order chi connectivity index (χ0) is 17.8. The molecular weight excluding hydrogens is 321 g/mol. The van der Waals surface area contributed by atoms with Crippen molar-refractivity contribution in [3.63, 3.8) is 0 Å². The summed E-state index contributed by atoms with van der Waals surface area (Å²) >= 11 is 0. The van der Waals surface area contributed by atoms with E-state index in [1.165, 1.54) is 14.0 Å². The van der Waals surface area contributed by atoms with Crippen LogP contribution in [0.4, 0.5) is 26.7 Å². The third-order valence-corrected chi connectivity index (χ3v) is 3.25. The summed E-state index contributed by atoms with van der Waals surface area (Å²) in [4.78, 5) is 12.7. The number of amides is 2. The molecule has 23 heavy (non-hydrogen) atoms. The lowest BCUT2D eigenvalue weighted by molar-refractivity contribution is -0.156. The van der Waals surface area contributed by atoms with Crippen molar-refractivity contribution >= 4 is 6.03 Å². The molecule has 0 aliphatic heterocycles. The molecule has 9 heteroatoms. The molecule has 0 heterocycles. The van der Waals surface area contributed by atoms with Gasteiger partial charge in [0.2, 0.25) is 0 Å². The van der Waals surface area contributed by atoms with Gasteiger partial charge in [0.1, 0.15) is 11.6 Å². The lowest BCUT2D eigenvalue weighted by Crippen LogP contribution is -2.47. The second-order valence-electron chi connectivity index (χ2n) is 4.88. The molecule has 1 aromatic carbocycles. The van der Waals surface area contributed by atoms with Crippen molar-refractivity contribution in [2.45, 2.75) is 31.6 Å². The Morgan fingerprint density at radius 2 is 1.87 bits per heavy atom. The molecule has 126 valence electrons. The van der Waals surface area contributed by atoms with Crippen molar-refractivity contribution in [1.82, 2.24) is 10.2 Å². The van der Waals surface area contributed by atoms with Crippen LogP contribution in [0.1, 0.15) is 24.9 Å². The van der Waals surface area contributed by atoms with Gasteiger partial charge in [0.25, 0.3) is 0 Å². The van der Waals surface area contributed by atoms with Gasteiger partial charge in [-0.3, -0.25) is 0 Å². The van der Waals surface area contributed by atoms with Gasteiger partial charge in [-0.25, -0.2) is 13.6 Å². The highest BCUT2D eigenvalue weighted by atomic mass is 19.4. The summed E-state index contributed by atoms with van der Waals surface area (Å²) in [6.07, 6.45) is -5.20. The van der Waals surface area contributed by atoms with Crippen LogP contribution in [0, 0.1) is 23.0 Å². The highest BCUT2D eigenvalue weighted by Gasteiger charge is 2.45. The number of rotatable bonds is 4. The first-order valence-corrected chi connectivity index (χ1v) is 6.50. The molecule has 0 fully saturated rings. The van der Waals surface area contributed by atoms with Gasteiger partial charge in [-0.1, -0.05) is 6.07 Å². The largest absolute Gasteiger partial charge is 0.413 e. The van der Waals surface area contributed by atoms with Crippen LogP contribution < -0.4 is 5.32 Å². The minimum absolute atomic E-state index is 0.103. The molecule has 0 saturated carbocycles. The quantitative estimate of drug-likeness (QED) is 0.856. The maximum atomic E-state index is 13.6.